The van der Waals surface area contributed by atoms with Crippen LogP contribution in [0.4, 0.5) is 0 Å². The number of ether oxygens (including phenoxy) is 2. The number of hydrogen-bond donors (Lipinski definition) is 1. The number of nitrogens with one attached hydrogen (secondary N) is 1. The fourth-order valence-corrected chi connectivity index (χ4v) is 2.14. The summed E-state index contributed by atoms with van der Waals surface area (Å²) in [5, 5.41) is 3.35. The van der Waals surface area contributed by atoms with E-state index in [0.717, 1.165) is 24.6 Å². The molecule has 2 aromatic rings. The van der Waals surface area contributed by atoms with Crippen LogP contribution in [0.25, 0.3) is 0 Å². The molecule has 2 aromatic carbocycles. The van der Waals surface area contributed by atoms with E-state index < -0.39 is 0 Å². The molecule has 1 N–H and O–H groups in total. The quantitative estimate of drug-likeness (QED) is 0.800. The summed E-state index contributed by atoms with van der Waals surface area (Å²) in [6.45, 7) is 6.43. The van der Waals surface area contributed by atoms with Crippen LogP contribution in [0.1, 0.15) is 25.5 Å². The van der Waals surface area contributed by atoms with Crippen LogP contribution in [-0.2, 0) is 0 Å². The van der Waals surface area contributed by atoms with Gasteiger partial charge in [0.1, 0.15) is 17.6 Å². The van der Waals surface area contributed by atoms with Crippen molar-refractivity contribution in [3.63, 3.8) is 0 Å². The van der Waals surface area contributed by atoms with E-state index in [4.69, 9.17) is 9.47 Å². The molecule has 0 aliphatic carbocycles. The fourth-order valence-electron chi connectivity index (χ4n) is 2.14. The first-order valence-electron chi connectivity index (χ1n) is 7.48. The Morgan fingerprint density at radius 1 is 0.952 bits per heavy atom. The molecule has 0 amide bonds. The van der Waals surface area contributed by atoms with Gasteiger partial charge in [0, 0.05) is 12.6 Å². The summed E-state index contributed by atoms with van der Waals surface area (Å²) in [5.41, 5.74) is 1.17. The Balaban J connectivity index is 2.12. The molecule has 0 aliphatic rings. The van der Waals surface area contributed by atoms with Crippen molar-refractivity contribution >= 4 is 0 Å². The number of rotatable bonds is 8. The molecule has 0 aliphatic heterocycles. The second-order valence-corrected chi connectivity index (χ2v) is 4.73. The molecule has 2 rings (SSSR count). The van der Waals surface area contributed by atoms with Crippen molar-refractivity contribution in [3.05, 3.63) is 60.2 Å². The lowest BCUT2D eigenvalue weighted by molar-refractivity contribution is 0.201. The Hall–Kier alpha value is -2.00. The third-order valence-electron chi connectivity index (χ3n) is 3.15. The van der Waals surface area contributed by atoms with E-state index >= 15 is 0 Å². The van der Waals surface area contributed by atoms with Crippen LogP contribution in [0.15, 0.2) is 54.6 Å². The van der Waals surface area contributed by atoms with E-state index in [9.17, 15) is 0 Å². The number of likely N-dealkylation sites (N-methyl/N-ethyl adjacent to an activating group) is 1. The average Bonchev–Trinajstić information content (AvgIpc) is 2.53. The van der Waals surface area contributed by atoms with E-state index in [1.165, 1.54) is 5.56 Å². The summed E-state index contributed by atoms with van der Waals surface area (Å²) in [5.74, 6) is 1.66. The van der Waals surface area contributed by atoms with Crippen molar-refractivity contribution in [2.75, 3.05) is 19.7 Å². The molecule has 112 valence electrons. The topological polar surface area (TPSA) is 30.5 Å². The van der Waals surface area contributed by atoms with Gasteiger partial charge in [-0.25, -0.2) is 0 Å². The van der Waals surface area contributed by atoms with Gasteiger partial charge in [-0.2, -0.15) is 0 Å². The Labute approximate surface area is 126 Å². The minimum absolute atomic E-state index is 0.0111. The predicted molar refractivity (Wildman–Crippen MR) is 86.0 cm³/mol. The third kappa shape index (κ3) is 4.80. The molecular weight excluding hydrogens is 262 g/mol. The zero-order chi connectivity index (χ0) is 14.9. The summed E-state index contributed by atoms with van der Waals surface area (Å²) >= 11 is 0. The summed E-state index contributed by atoms with van der Waals surface area (Å²) in [6.07, 6.45) is -0.0111. The van der Waals surface area contributed by atoms with Gasteiger partial charge >= 0.3 is 0 Å². The maximum atomic E-state index is 6.15. The molecular formula is C18H23NO2. The maximum Gasteiger partial charge on any atom is 0.136 e. The maximum absolute atomic E-state index is 6.15. The predicted octanol–water partition coefficient (Wildman–Crippen LogP) is 3.81. The van der Waals surface area contributed by atoms with Crippen molar-refractivity contribution in [1.29, 1.82) is 0 Å². The van der Waals surface area contributed by atoms with Gasteiger partial charge in [-0.05, 0) is 31.2 Å². The lowest BCUT2D eigenvalue weighted by Crippen LogP contribution is -2.24. The average molecular weight is 285 g/mol. The molecule has 1 atom stereocenters. The summed E-state index contributed by atoms with van der Waals surface area (Å²) in [4.78, 5) is 0. The van der Waals surface area contributed by atoms with Gasteiger partial charge in [-0.15, -0.1) is 0 Å². The first kappa shape index (κ1) is 15.4. The number of hydrogen-bond acceptors (Lipinski definition) is 3. The SMILES string of the molecule is CCNCC(Oc1cccc(OCC)c1)c1ccccc1. The molecule has 0 fully saturated rings. The van der Waals surface area contributed by atoms with Gasteiger partial charge in [0.2, 0.25) is 0 Å². The highest BCUT2D eigenvalue weighted by Crippen LogP contribution is 2.25. The Bertz CT molecular complexity index is 528. The zero-order valence-corrected chi connectivity index (χ0v) is 12.7. The first-order chi connectivity index (χ1) is 10.3. The van der Waals surface area contributed by atoms with Gasteiger partial charge < -0.3 is 14.8 Å². The highest BCUT2D eigenvalue weighted by molar-refractivity contribution is 5.33. The van der Waals surface area contributed by atoms with Crippen LogP contribution < -0.4 is 14.8 Å². The molecule has 21 heavy (non-hydrogen) atoms. The molecule has 3 nitrogen and oxygen atoms in total. The van der Waals surface area contributed by atoms with Crippen molar-refractivity contribution < 1.29 is 9.47 Å². The van der Waals surface area contributed by atoms with Crippen molar-refractivity contribution in [2.24, 2.45) is 0 Å². The third-order valence-corrected chi connectivity index (χ3v) is 3.15. The molecule has 0 bridgehead atoms. The van der Waals surface area contributed by atoms with Gasteiger partial charge in [0.15, 0.2) is 0 Å². The minimum Gasteiger partial charge on any atom is -0.494 e. The molecule has 1 unspecified atom stereocenters. The van der Waals surface area contributed by atoms with Crippen LogP contribution in [0, 0.1) is 0 Å². The summed E-state index contributed by atoms with van der Waals surface area (Å²) in [7, 11) is 0. The normalized spacial score (nSPS) is 11.9. The van der Waals surface area contributed by atoms with E-state index in [2.05, 4.69) is 24.4 Å². The van der Waals surface area contributed by atoms with Crippen LogP contribution in [0.3, 0.4) is 0 Å². The van der Waals surface area contributed by atoms with Crippen LogP contribution in [0.5, 0.6) is 11.5 Å². The van der Waals surface area contributed by atoms with Crippen LogP contribution >= 0.6 is 0 Å². The Morgan fingerprint density at radius 2 is 1.71 bits per heavy atom. The van der Waals surface area contributed by atoms with E-state index in [1.807, 2.05) is 49.4 Å². The summed E-state index contributed by atoms with van der Waals surface area (Å²) < 4.78 is 11.7. The van der Waals surface area contributed by atoms with E-state index in [1.54, 1.807) is 0 Å². The Morgan fingerprint density at radius 3 is 2.43 bits per heavy atom. The summed E-state index contributed by atoms with van der Waals surface area (Å²) in [6, 6.07) is 18.1. The van der Waals surface area contributed by atoms with Crippen molar-refractivity contribution in [2.45, 2.75) is 20.0 Å². The molecule has 0 saturated heterocycles. The molecule has 0 heterocycles. The van der Waals surface area contributed by atoms with Gasteiger partial charge in [-0.3, -0.25) is 0 Å². The molecule has 0 saturated carbocycles. The lowest BCUT2D eigenvalue weighted by atomic mass is 10.1. The molecule has 0 radical (unpaired) electrons. The second kappa shape index (κ2) is 8.32. The van der Waals surface area contributed by atoms with Gasteiger partial charge in [-0.1, -0.05) is 43.3 Å². The fraction of sp³-hybridized carbons (Fsp3) is 0.333. The second-order valence-electron chi connectivity index (χ2n) is 4.73. The highest BCUT2D eigenvalue weighted by Gasteiger charge is 2.13. The van der Waals surface area contributed by atoms with E-state index in [0.29, 0.717) is 6.61 Å². The molecule has 0 spiro atoms. The van der Waals surface area contributed by atoms with Gasteiger partial charge in [0.05, 0.1) is 6.61 Å². The Kier molecular flexibility index (Phi) is 6.10. The molecule has 0 aromatic heterocycles. The van der Waals surface area contributed by atoms with E-state index in [-0.39, 0.29) is 6.10 Å². The zero-order valence-electron chi connectivity index (χ0n) is 12.7. The molecule has 3 heteroatoms. The minimum atomic E-state index is -0.0111. The standard InChI is InChI=1S/C18H23NO2/c1-3-19-14-18(15-9-6-5-7-10-15)21-17-12-8-11-16(13-17)20-4-2/h5-13,18-19H,3-4,14H2,1-2H3. The highest BCUT2D eigenvalue weighted by atomic mass is 16.5. The first-order valence-corrected chi connectivity index (χ1v) is 7.48. The lowest BCUT2D eigenvalue weighted by Gasteiger charge is -2.20. The largest absolute Gasteiger partial charge is 0.494 e. The smallest absolute Gasteiger partial charge is 0.136 e. The van der Waals surface area contributed by atoms with Crippen molar-refractivity contribution in [3.8, 4) is 11.5 Å². The monoisotopic (exact) mass is 285 g/mol. The van der Waals surface area contributed by atoms with Crippen molar-refractivity contribution in [1.82, 2.24) is 5.32 Å². The van der Waals surface area contributed by atoms with Crippen LogP contribution in [-0.4, -0.2) is 19.7 Å². The van der Waals surface area contributed by atoms with Crippen LogP contribution in [0.2, 0.25) is 0 Å². The van der Waals surface area contributed by atoms with Gasteiger partial charge in [0.25, 0.3) is 0 Å². The number of benzene rings is 2.